The van der Waals surface area contributed by atoms with Gasteiger partial charge in [-0.2, -0.15) is 0 Å². The molecule has 1 fully saturated rings. The summed E-state index contributed by atoms with van der Waals surface area (Å²) in [6, 6.07) is 9.75. The van der Waals surface area contributed by atoms with E-state index in [1.807, 2.05) is 44.2 Å². The Bertz CT molecular complexity index is 781. The Labute approximate surface area is 151 Å². The number of benzene rings is 1. The Hall–Kier alpha value is -2.21. The van der Waals surface area contributed by atoms with E-state index in [0.29, 0.717) is 12.8 Å². The molecule has 5 nitrogen and oxygen atoms in total. The Kier molecular flexibility index (Phi) is 4.90. The molecule has 1 aromatic carbocycles. The van der Waals surface area contributed by atoms with Gasteiger partial charge in [-0.3, -0.25) is 9.59 Å². The molecule has 1 heterocycles. The number of thiazole rings is 1. The van der Waals surface area contributed by atoms with Gasteiger partial charge in [-0.1, -0.05) is 36.8 Å². The number of aliphatic carboxylic acids is 1. The molecular weight excluding hydrogens is 336 g/mol. The number of nitrogens with one attached hydrogen (secondary N) is 1. The number of carboxylic acid groups (broad SMARTS) is 1. The maximum absolute atomic E-state index is 12.3. The van der Waals surface area contributed by atoms with E-state index in [4.69, 9.17) is 0 Å². The molecule has 0 aliphatic heterocycles. The first-order chi connectivity index (χ1) is 11.9. The molecule has 1 aliphatic carbocycles. The molecule has 0 radical (unpaired) electrons. The number of carbonyl (C=O) groups is 2. The van der Waals surface area contributed by atoms with E-state index >= 15 is 0 Å². The van der Waals surface area contributed by atoms with Gasteiger partial charge >= 0.3 is 5.97 Å². The molecule has 0 bridgehead atoms. The van der Waals surface area contributed by atoms with Crippen molar-refractivity contribution >= 4 is 23.2 Å². The second-order valence-corrected chi connectivity index (χ2v) is 7.77. The highest BCUT2D eigenvalue weighted by atomic mass is 32.1. The summed E-state index contributed by atoms with van der Waals surface area (Å²) < 4.78 is 0. The van der Waals surface area contributed by atoms with Gasteiger partial charge in [0.15, 0.2) is 0 Å². The van der Waals surface area contributed by atoms with Crippen LogP contribution in [0.15, 0.2) is 30.3 Å². The van der Waals surface area contributed by atoms with Crippen molar-refractivity contribution in [2.24, 2.45) is 5.41 Å². The van der Waals surface area contributed by atoms with E-state index in [-0.39, 0.29) is 18.4 Å². The van der Waals surface area contributed by atoms with Gasteiger partial charge < -0.3 is 10.4 Å². The minimum absolute atomic E-state index is 0.0517. The SMILES string of the molecule is Cc1nc(-c2ccccc2)sc1C(C)NC(=O)CC1(C(=O)O)CCC1. The summed E-state index contributed by atoms with van der Waals surface area (Å²) in [4.78, 5) is 29.4. The first-order valence-electron chi connectivity index (χ1n) is 8.47. The lowest BCUT2D eigenvalue weighted by Gasteiger charge is -2.37. The van der Waals surface area contributed by atoms with Crippen LogP contribution in [-0.2, 0) is 9.59 Å². The van der Waals surface area contributed by atoms with E-state index in [0.717, 1.165) is 27.6 Å². The van der Waals surface area contributed by atoms with Gasteiger partial charge in [-0.05, 0) is 26.7 Å². The normalized spacial score (nSPS) is 16.7. The first-order valence-corrected chi connectivity index (χ1v) is 9.28. The molecule has 6 heteroatoms. The number of hydrogen-bond acceptors (Lipinski definition) is 4. The van der Waals surface area contributed by atoms with Gasteiger partial charge in [0.25, 0.3) is 0 Å². The smallest absolute Gasteiger partial charge is 0.310 e. The zero-order valence-corrected chi connectivity index (χ0v) is 15.2. The maximum Gasteiger partial charge on any atom is 0.310 e. The number of amides is 1. The molecule has 132 valence electrons. The molecule has 1 amide bonds. The number of hydrogen-bond donors (Lipinski definition) is 2. The summed E-state index contributed by atoms with van der Waals surface area (Å²) in [7, 11) is 0. The van der Waals surface area contributed by atoms with E-state index in [9.17, 15) is 14.7 Å². The number of nitrogens with zero attached hydrogens (tertiary/aromatic N) is 1. The summed E-state index contributed by atoms with van der Waals surface area (Å²) in [5.74, 6) is -1.06. The summed E-state index contributed by atoms with van der Waals surface area (Å²) in [5, 5.41) is 13.2. The molecule has 1 aliphatic rings. The quantitative estimate of drug-likeness (QED) is 0.820. The van der Waals surface area contributed by atoms with Crippen molar-refractivity contribution in [3.8, 4) is 10.6 Å². The fraction of sp³-hybridized carbons (Fsp3) is 0.421. The maximum atomic E-state index is 12.3. The second kappa shape index (κ2) is 6.96. The minimum atomic E-state index is -0.859. The van der Waals surface area contributed by atoms with Crippen LogP contribution in [0, 0.1) is 12.3 Å². The standard InChI is InChI=1S/C19H22N2O3S/c1-12(20-15(22)11-19(18(23)24)9-6-10-19)16-13(2)21-17(25-16)14-7-4-3-5-8-14/h3-5,7-8,12H,6,9-11H2,1-2H3,(H,20,22)(H,23,24). The highest BCUT2D eigenvalue weighted by Gasteiger charge is 2.46. The highest BCUT2D eigenvalue weighted by molar-refractivity contribution is 7.15. The van der Waals surface area contributed by atoms with Gasteiger partial charge in [0.1, 0.15) is 5.01 Å². The molecule has 0 saturated heterocycles. The summed E-state index contributed by atoms with van der Waals surface area (Å²) in [5.41, 5.74) is 1.09. The Morgan fingerprint density at radius 1 is 1.32 bits per heavy atom. The van der Waals surface area contributed by atoms with Crippen LogP contribution in [0.3, 0.4) is 0 Å². The van der Waals surface area contributed by atoms with Gasteiger partial charge in [0.2, 0.25) is 5.91 Å². The molecule has 1 aromatic heterocycles. The van der Waals surface area contributed by atoms with Crippen LogP contribution in [0.4, 0.5) is 0 Å². The van der Waals surface area contributed by atoms with Crippen LogP contribution >= 0.6 is 11.3 Å². The van der Waals surface area contributed by atoms with Crippen molar-refractivity contribution in [3.63, 3.8) is 0 Å². The number of rotatable bonds is 6. The Balaban J connectivity index is 1.69. The lowest BCUT2D eigenvalue weighted by atomic mass is 9.66. The van der Waals surface area contributed by atoms with Crippen molar-refractivity contribution in [2.75, 3.05) is 0 Å². The third kappa shape index (κ3) is 3.58. The fourth-order valence-corrected chi connectivity index (χ4v) is 4.32. The van der Waals surface area contributed by atoms with Gasteiger partial charge in [-0.15, -0.1) is 11.3 Å². The van der Waals surface area contributed by atoms with Crippen molar-refractivity contribution < 1.29 is 14.7 Å². The summed E-state index contributed by atoms with van der Waals surface area (Å²) in [6.45, 7) is 3.85. The van der Waals surface area contributed by atoms with Gasteiger partial charge in [0, 0.05) is 12.0 Å². The predicted octanol–water partition coefficient (Wildman–Crippen LogP) is 3.94. The van der Waals surface area contributed by atoms with Crippen LogP contribution < -0.4 is 5.32 Å². The molecule has 2 aromatic rings. The third-order valence-electron chi connectivity index (χ3n) is 4.89. The molecular formula is C19H22N2O3S. The summed E-state index contributed by atoms with van der Waals surface area (Å²) in [6.07, 6.45) is 2.10. The van der Waals surface area contributed by atoms with E-state index in [1.165, 1.54) is 0 Å². The largest absolute Gasteiger partial charge is 0.481 e. The minimum Gasteiger partial charge on any atom is -0.481 e. The highest BCUT2D eigenvalue weighted by Crippen LogP contribution is 2.44. The van der Waals surface area contributed by atoms with Crippen molar-refractivity contribution in [2.45, 2.75) is 45.6 Å². The zero-order valence-electron chi connectivity index (χ0n) is 14.4. The van der Waals surface area contributed by atoms with Gasteiger partial charge in [-0.25, -0.2) is 4.98 Å². The first kappa shape index (κ1) is 17.6. The van der Waals surface area contributed by atoms with Crippen molar-refractivity contribution in [1.82, 2.24) is 10.3 Å². The predicted molar refractivity (Wildman–Crippen MR) is 97.4 cm³/mol. The lowest BCUT2D eigenvalue weighted by molar-refractivity contribution is -0.157. The van der Waals surface area contributed by atoms with E-state index in [2.05, 4.69) is 10.3 Å². The Morgan fingerprint density at radius 2 is 2.00 bits per heavy atom. The van der Waals surface area contributed by atoms with E-state index < -0.39 is 11.4 Å². The molecule has 0 spiro atoms. The third-order valence-corrected chi connectivity index (χ3v) is 6.28. The summed E-state index contributed by atoms with van der Waals surface area (Å²) >= 11 is 1.56. The van der Waals surface area contributed by atoms with E-state index in [1.54, 1.807) is 11.3 Å². The Morgan fingerprint density at radius 3 is 2.56 bits per heavy atom. The second-order valence-electron chi connectivity index (χ2n) is 6.74. The molecule has 1 saturated carbocycles. The molecule has 1 unspecified atom stereocenters. The molecule has 25 heavy (non-hydrogen) atoms. The lowest BCUT2D eigenvalue weighted by Crippen LogP contribution is -2.42. The number of aryl methyl sites for hydroxylation is 1. The van der Waals surface area contributed by atoms with Gasteiger partial charge in [0.05, 0.1) is 22.0 Å². The monoisotopic (exact) mass is 358 g/mol. The van der Waals surface area contributed by atoms with Crippen LogP contribution in [0.1, 0.15) is 49.2 Å². The molecule has 2 N–H and O–H groups in total. The van der Waals surface area contributed by atoms with Crippen LogP contribution in [0.5, 0.6) is 0 Å². The number of carbonyl (C=O) groups excluding carboxylic acids is 1. The fourth-order valence-electron chi connectivity index (χ4n) is 3.25. The topological polar surface area (TPSA) is 79.3 Å². The molecule has 3 rings (SSSR count). The zero-order chi connectivity index (χ0) is 18.0. The number of aromatic nitrogens is 1. The molecule has 1 atom stereocenters. The van der Waals surface area contributed by atoms with Crippen LogP contribution in [0.2, 0.25) is 0 Å². The van der Waals surface area contributed by atoms with Crippen molar-refractivity contribution in [3.05, 3.63) is 40.9 Å². The average Bonchev–Trinajstić information content (AvgIpc) is 2.93. The van der Waals surface area contributed by atoms with Crippen LogP contribution in [-0.4, -0.2) is 22.0 Å². The average molecular weight is 358 g/mol. The number of carboxylic acids is 1. The van der Waals surface area contributed by atoms with Crippen molar-refractivity contribution in [1.29, 1.82) is 0 Å². The van der Waals surface area contributed by atoms with Crippen LogP contribution in [0.25, 0.3) is 10.6 Å².